The van der Waals surface area contributed by atoms with Crippen molar-refractivity contribution in [2.45, 2.75) is 24.2 Å². The highest BCUT2D eigenvalue weighted by Crippen LogP contribution is 2.55. The van der Waals surface area contributed by atoms with Gasteiger partial charge in [-0.3, -0.25) is 19.3 Å². The number of morpholine rings is 1. The van der Waals surface area contributed by atoms with Crippen LogP contribution >= 0.6 is 0 Å². The normalized spacial score (nSPS) is 29.1. The molecule has 3 aromatic rings. The van der Waals surface area contributed by atoms with Gasteiger partial charge in [0, 0.05) is 6.04 Å². The minimum Gasteiger partial charge on any atom is -0.497 e. The highest BCUT2D eigenvalue weighted by molar-refractivity contribution is 6.23. The maximum absolute atomic E-state index is 13.9. The van der Waals surface area contributed by atoms with Gasteiger partial charge in [0.05, 0.1) is 37.3 Å². The van der Waals surface area contributed by atoms with Gasteiger partial charge in [-0.25, -0.2) is 4.90 Å². The van der Waals surface area contributed by atoms with Crippen LogP contribution in [0.25, 0.3) is 0 Å². The SMILES string of the molecule is COc1ccc([C@@H]2[C@H]3C(=O)N(c4ccccc4)C(=O)[C@H]3[C@H]3C(=O)O[C@@H](c4ccccc4)[C@H](CO)N32)cc1. The minimum absolute atomic E-state index is 0.319. The average molecular weight is 499 g/mol. The highest BCUT2D eigenvalue weighted by atomic mass is 16.6. The second kappa shape index (κ2) is 9.14. The second-order valence-corrected chi connectivity index (χ2v) is 9.53. The van der Waals surface area contributed by atoms with Gasteiger partial charge < -0.3 is 14.6 Å². The van der Waals surface area contributed by atoms with Crippen LogP contribution in [0.1, 0.15) is 23.3 Å². The molecular formula is C29H26N2O6. The zero-order valence-electron chi connectivity index (χ0n) is 20.1. The number of hydrogen-bond donors (Lipinski definition) is 1. The molecule has 3 fully saturated rings. The zero-order chi connectivity index (χ0) is 25.7. The number of carbonyl (C=O) groups excluding carboxylic acids is 3. The number of nitrogens with zero attached hydrogens (tertiary/aromatic N) is 2. The fraction of sp³-hybridized carbons (Fsp3) is 0.276. The number of aliphatic hydroxyl groups excluding tert-OH is 1. The smallest absolute Gasteiger partial charge is 0.324 e. The van der Waals surface area contributed by atoms with Gasteiger partial charge in [-0.2, -0.15) is 0 Å². The highest BCUT2D eigenvalue weighted by Gasteiger charge is 2.68. The third kappa shape index (κ3) is 3.55. The first kappa shape index (κ1) is 23.4. The molecule has 188 valence electrons. The van der Waals surface area contributed by atoms with Crippen LogP contribution < -0.4 is 9.64 Å². The van der Waals surface area contributed by atoms with Gasteiger partial charge in [0.2, 0.25) is 11.8 Å². The van der Waals surface area contributed by atoms with Crippen molar-refractivity contribution in [3.8, 4) is 5.75 Å². The molecule has 3 aliphatic heterocycles. The molecule has 2 amide bonds. The number of esters is 1. The fourth-order valence-corrected chi connectivity index (χ4v) is 6.17. The fourth-order valence-electron chi connectivity index (χ4n) is 6.17. The summed E-state index contributed by atoms with van der Waals surface area (Å²) in [6.07, 6.45) is -0.745. The molecule has 3 heterocycles. The standard InChI is InChI=1S/C29H26N2O6/c1-36-20-14-12-17(13-15-20)24-22-23(28(34)30(27(22)33)19-10-6-3-7-11-19)25-29(35)37-26(21(16-32)31(24)25)18-8-4-2-5-9-18/h2-15,21-26,32H,16H2,1H3/t21-,22-,23+,24+,25-,26-/m0/s1. The summed E-state index contributed by atoms with van der Waals surface area (Å²) < 4.78 is 11.2. The number of amides is 2. The number of cyclic esters (lactones) is 1. The van der Waals surface area contributed by atoms with E-state index in [1.165, 1.54) is 4.90 Å². The van der Waals surface area contributed by atoms with Crippen molar-refractivity contribution in [3.63, 3.8) is 0 Å². The Labute approximate surface area is 214 Å². The molecule has 3 aliphatic rings. The lowest BCUT2D eigenvalue weighted by Crippen LogP contribution is -2.58. The Morgan fingerprint density at radius 3 is 1.97 bits per heavy atom. The van der Waals surface area contributed by atoms with E-state index in [4.69, 9.17) is 9.47 Å². The zero-order valence-corrected chi connectivity index (χ0v) is 20.1. The number of carbonyl (C=O) groups is 3. The number of benzene rings is 3. The number of anilines is 1. The number of imide groups is 1. The number of methoxy groups -OCH3 is 1. The number of para-hydroxylation sites is 1. The number of fused-ring (bicyclic) bond motifs is 3. The lowest BCUT2D eigenvalue weighted by atomic mass is 9.86. The molecule has 6 rings (SSSR count). The number of ether oxygens (including phenoxy) is 2. The molecule has 0 spiro atoms. The van der Waals surface area contributed by atoms with Crippen molar-refractivity contribution < 1.29 is 29.0 Å². The number of rotatable bonds is 5. The van der Waals surface area contributed by atoms with Crippen LogP contribution in [-0.4, -0.2) is 53.6 Å². The molecule has 0 radical (unpaired) electrons. The average Bonchev–Trinajstić information content (AvgIpc) is 3.42. The van der Waals surface area contributed by atoms with Crippen LogP contribution in [0.15, 0.2) is 84.9 Å². The van der Waals surface area contributed by atoms with Crippen molar-refractivity contribution in [3.05, 3.63) is 96.1 Å². The van der Waals surface area contributed by atoms with Crippen molar-refractivity contribution >= 4 is 23.5 Å². The number of hydrogen-bond acceptors (Lipinski definition) is 7. The van der Waals surface area contributed by atoms with Gasteiger partial charge in [-0.1, -0.05) is 60.7 Å². The maximum Gasteiger partial charge on any atom is 0.324 e. The van der Waals surface area contributed by atoms with E-state index in [1.54, 1.807) is 43.5 Å². The quantitative estimate of drug-likeness (QED) is 0.427. The van der Waals surface area contributed by atoms with Crippen LogP contribution in [0.2, 0.25) is 0 Å². The van der Waals surface area contributed by atoms with E-state index in [1.807, 2.05) is 53.4 Å². The van der Waals surface area contributed by atoms with Crippen molar-refractivity contribution in [1.82, 2.24) is 4.90 Å². The molecule has 0 aromatic heterocycles. The summed E-state index contributed by atoms with van der Waals surface area (Å²) in [6, 6.07) is 23.0. The summed E-state index contributed by atoms with van der Waals surface area (Å²) in [4.78, 5) is 44.4. The molecule has 0 aliphatic carbocycles. The summed E-state index contributed by atoms with van der Waals surface area (Å²) in [5, 5.41) is 10.6. The molecule has 3 saturated heterocycles. The van der Waals surface area contributed by atoms with E-state index >= 15 is 0 Å². The lowest BCUT2D eigenvalue weighted by Gasteiger charge is -2.45. The molecule has 37 heavy (non-hydrogen) atoms. The third-order valence-corrected chi connectivity index (χ3v) is 7.72. The summed E-state index contributed by atoms with van der Waals surface area (Å²) in [5.41, 5.74) is 1.97. The molecule has 1 N–H and O–H groups in total. The van der Waals surface area contributed by atoms with E-state index in [0.717, 1.165) is 11.1 Å². The molecule has 3 aromatic carbocycles. The van der Waals surface area contributed by atoms with E-state index in [-0.39, 0.29) is 12.5 Å². The van der Waals surface area contributed by atoms with E-state index in [2.05, 4.69) is 0 Å². The summed E-state index contributed by atoms with van der Waals surface area (Å²) in [6.45, 7) is -0.319. The summed E-state index contributed by atoms with van der Waals surface area (Å²) >= 11 is 0. The first-order valence-corrected chi connectivity index (χ1v) is 12.3. The summed E-state index contributed by atoms with van der Waals surface area (Å²) in [7, 11) is 1.57. The van der Waals surface area contributed by atoms with Crippen molar-refractivity contribution in [2.75, 3.05) is 18.6 Å². The molecule has 6 atom stereocenters. The van der Waals surface area contributed by atoms with Crippen LogP contribution in [0.5, 0.6) is 5.75 Å². The van der Waals surface area contributed by atoms with Gasteiger partial charge in [0.15, 0.2) is 0 Å². The number of aliphatic hydroxyl groups is 1. The predicted octanol–water partition coefficient (Wildman–Crippen LogP) is 2.89. The Morgan fingerprint density at radius 1 is 0.784 bits per heavy atom. The van der Waals surface area contributed by atoms with Crippen LogP contribution in [0, 0.1) is 11.8 Å². The van der Waals surface area contributed by atoms with E-state index < -0.39 is 47.9 Å². The second-order valence-electron chi connectivity index (χ2n) is 9.53. The first-order chi connectivity index (χ1) is 18.0. The van der Waals surface area contributed by atoms with Crippen molar-refractivity contribution in [2.24, 2.45) is 11.8 Å². The van der Waals surface area contributed by atoms with E-state index in [0.29, 0.717) is 11.4 Å². The van der Waals surface area contributed by atoms with Gasteiger partial charge in [-0.15, -0.1) is 0 Å². The Kier molecular flexibility index (Phi) is 5.78. The molecule has 0 saturated carbocycles. The molecule has 8 heteroatoms. The van der Waals surface area contributed by atoms with E-state index in [9.17, 15) is 19.5 Å². The van der Waals surface area contributed by atoms with Gasteiger partial charge in [0.1, 0.15) is 17.9 Å². The van der Waals surface area contributed by atoms with Crippen molar-refractivity contribution in [1.29, 1.82) is 0 Å². The maximum atomic E-state index is 13.9. The Balaban J connectivity index is 1.49. The first-order valence-electron chi connectivity index (χ1n) is 12.3. The van der Waals surface area contributed by atoms with Crippen LogP contribution in [-0.2, 0) is 19.1 Å². The van der Waals surface area contributed by atoms with Gasteiger partial charge in [0.25, 0.3) is 0 Å². The molecular weight excluding hydrogens is 472 g/mol. The Hall–Kier alpha value is -4.01. The van der Waals surface area contributed by atoms with Gasteiger partial charge in [-0.05, 0) is 35.4 Å². The molecule has 0 bridgehead atoms. The van der Waals surface area contributed by atoms with Gasteiger partial charge >= 0.3 is 5.97 Å². The van der Waals surface area contributed by atoms with Crippen LogP contribution in [0.4, 0.5) is 5.69 Å². The Morgan fingerprint density at radius 2 is 1.38 bits per heavy atom. The molecule has 0 unspecified atom stereocenters. The molecule has 8 nitrogen and oxygen atoms in total. The minimum atomic E-state index is -1.00. The monoisotopic (exact) mass is 498 g/mol. The largest absolute Gasteiger partial charge is 0.497 e. The topological polar surface area (TPSA) is 96.4 Å². The summed E-state index contributed by atoms with van der Waals surface area (Å²) in [5.74, 6) is -2.47. The Bertz CT molecular complexity index is 1330. The predicted molar refractivity (Wildman–Crippen MR) is 133 cm³/mol. The third-order valence-electron chi connectivity index (χ3n) is 7.72. The van der Waals surface area contributed by atoms with Crippen LogP contribution in [0.3, 0.4) is 0 Å². The lowest BCUT2D eigenvalue weighted by molar-refractivity contribution is -0.180.